The Bertz CT molecular complexity index is 773. The summed E-state index contributed by atoms with van der Waals surface area (Å²) in [5.74, 6) is 1.05. The summed E-state index contributed by atoms with van der Waals surface area (Å²) in [5, 5.41) is 4.23. The number of aromatic nitrogens is 5. The number of nitrogens with two attached hydrogens (primary N) is 1. The zero-order valence-corrected chi connectivity index (χ0v) is 9.61. The molecule has 0 aromatic carbocycles. The smallest absolute Gasteiger partial charge is 0.298 e. The third-order valence-electron chi connectivity index (χ3n) is 2.68. The van der Waals surface area contributed by atoms with E-state index >= 15 is 0 Å². The second-order valence-corrected chi connectivity index (χ2v) is 3.85. The first-order valence-corrected chi connectivity index (χ1v) is 5.29. The Morgan fingerprint density at radius 2 is 2.17 bits per heavy atom. The van der Waals surface area contributed by atoms with Crippen LogP contribution in [0.25, 0.3) is 17.2 Å². The molecule has 0 unspecified atom stereocenters. The van der Waals surface area contributed by atoms with E-state index in [1.54, 1.807) is 30.1 Å². The summed E-state index contributed by atoms with van der Waals surface area (Å²) in [7, 11) is 1.79. The molecular weight excluding hydrogens is 232 g/mol. The second-order valence-electron chi connectivity index (χ2n) is 3.85. The molecule has 3 aromatic rings. The first-order chi connectivity index (χ1) is 8.68. The van der Waals surface area contributed by atoms with Gasteiger partial charge in [-0.15, -0.1) is 5.10 Å². The predicted octanol–water partition coefficient (Wildman–Crippen LogP) is 0.0722. The molecule has 0 aliphatic heterocycles. The maximum Gasteiger partial charge on any atom is 0.298 e. The van der Waals surface area contributed by atoms with Gasteiger partial charge in [0.15, 0.2) is 5.82 Å². The Morgan fingerprint density at radius 3 is 2.89 bits per heavy atom. The lowest BCUT2D eigenvalue weighted by molar-refractivity contribution is 0.895. The molecule has 0 saturated carbocycles. The third-order valence-corrected chi connectivity index (χ3v) is 2.68. The van der Waals surface area contributed by atoms with E-state index in [9.17, 15) is 4.79 Å². The number of aryl methyl sites for hydroxylation is 1. The molecular formula is C11H10N6O. The van der Waals surface area contributed by atoms with Crippen LogP contribution in [0.5, 0.6) is 0 Å². The van der Waals surface area contributed by atoms with E-state index in [1.165, 1.54) is 10.7 Å². The summed E-state index contributed by atoms with van der Waals surface area (Å²) in [6.45, 7) is 0. The van der Waals surface area contributed by atoms with E-state index in [1.807, 2.05) is 6.07 Å². The van der Waals surface area contributed by atoms with Crippen molar-refractivity contribution in [3.8, 4) is 11.4 Å². The molecule has 3 rings (SSSR count). The number of nitrogens with zero attached hydrogens (tertiary/aromatic N) is 5. The zero-order chi connectivity index (χ0) is 12.7. The van der Waals surface area contributed by atoms with Crippen molar-refractivity contribution < 1.29 is 0 Å². The average Bonchev–Trinajstić information content (AvgIpc) is 2.73. The van der Waals surface area contributed by atoms with Gasteiger partial charge in [-0.1, -0.05) is 0 Å². The molecule has 0 radical (unpaired) electrons. The Labute approximate surface area is 102 Å². The van der Waals surface area contributed by atoms with Gasteiger partial charge >= 0.3 is 0 Å². The van der Waals surface area contributed by atoms with Crippen molar-refractivity contribution in [3.63, 3.8) is 0 Å². The van der Waals surface area contributed by atoms with Gasteiger partial charge < -0.3 is 5.73 Å². The molecule has 0 saturated heterocycles. The van der Waals surface area contributed by atoms with Gasteiger partial charge in [0.25, 0.3) is 5.56 Å². The first-order valence-electron chi connectivity index (χ1n) is 5.29. The topological polar surface area (TPSA) is 91.1 Å². The highest BCUT2D eigenvalue weighted by molar-refractivity contribution is 5.57. The molecule has 0 aliphatic rings. The highest BCUT2D eigenvalue weighted by atomic mass is 16.1. The van der Waals surface area contributed by atoms with Gasteiger partial charge in [-0.3, -0.25) is 14.3 Å². The number of anilines is 1. The summed E-state index contributed by atoms with van der Waals surface area (Å²) < 4.78 is 2.91. The van der Waals surface area contributed by atoms with Gasteiger partial charge in [-0.2, -0.15) is 4.52 Å². The lowest BCUT2D eigenvalue weighted by Gasteiger charge is -1.98. The van der Waals surface area contributed by atoms with Crippen LogP contribution in [-0.2, 0) is 7.05 Å². The van der Waals surface area contributed by atoms with Crippen LogP contribution < -0.4 is 11.3 Å². The van der Waals surface area contributed by atoms with Gasteiger partial charge in [0.05, 0.1) is 6.20 Å². The van der Waals surface area contributed by atoms with E-state index in [-0.39, 0.29) is 11.2 Å². The molecule has 7 heteroatoms. The summed E-state index contributed by atoms with van der Waals surface area (Å²) in [5.41, 5.74) is 6.04. The summed E-state index contributed by atoms with van der Waals surface area (Å²) in [4.78, 5) is 20.0. The number of fused-ring (bicyclic) bond motifs is 1. The molecule has 3 aromatic heterocycles. The Balaban J connectivity index is 2.37. The van der Waals surface area contributed by atoms with E-state index in [0.29, 0.717) is 11.6 Å². The van der Waals surface area contributed by atoms with E-state index < -0.39 is 0 Å². The summed E-state index contributed by atoms with van der Waals surface area (Å²) in [6, 6.07) is 3.67. The van der Waals surface area contributed by atoms with Gasteiger partial charge in [-0.05, 0) is 12.1 Å². The van der Waals surface area contributed by atoms with Crippen molar-refractivity contribution in [3.05, 3.63) is 41.1 Å². The number of hydrogen-bond acceptors (Lipinski definition) is 5. The Morgan fingerprint density at radius 1 is 1.33 bits per heavy atom. The quantitative estimate of drug-likeness (QED) is 0.652. The average molecular weight is 242 g/mol. The molecule has 90 valence electrons. The minimum Gasteiger partial charge on any atom is -0.393 e. The summed E-state index contributed by atoms with van der Waals surface area (Å²) >= 11 is 0. The van der Waals surface area contributed by atoms with Crippen LogP contribution in [0.2, 0.25) is 0 Å². The van der Waals surface area contributed by atoms with Gasteiger partial charge in [0.2, 0.25) is 5.78 Å². The van der Waals surface area contributed by atoms with Gasteiger partial charge in [-0.25, -0.2) is 4.98 Å². The van der Waals surface area contributed by atoms with Gasteiger partial charge in [0, 0.05) is 25.0 Å². The lowest BCUT2D eigenvalue weighted by Crippen LogP contribution is -2.18. The molecule has 7 nitrogen and oxygen atoms in total. The molecule has 2 N–H and O–H groups in total. The fraction of sp³-hybridized carbons (Fsp3) is 0.0909. The monoisotopic (exact) mass is 242 g/mol. The van der Waals surface area contributed by atoms with Crippen LogP contribution >= 0.6 is 0 Å². The Hall–Kier alpha value is -2.70. The van der Waals surface area contributed by atoms with E-state index in [2.05, 4.69) is 15.1 Å². The van der Waals surface area contributed by atoms with Crippen LogP contribution in [0.1, 0.15) is 0 Å². The number of pyridine rings is 1. The molecule has 3 heterocycles. The predicted molar refractivity (Wildman–Crippen MR) is 65.9 cm³/mol. The molecule has 0 fully saturated rings. The van der Waals surface area contributed by atoms with Crippen molar-refractivity contribution in [1.82, 2.24) is 24.1 Å². The van der Waals surface area contributed by atoms with Gasteiger partial charge in [0.1, 0.15) is 5.69 Å². The minimum absolute atomic E-state index is 0.0725. The second kappa shape index (κ2) is 3.66. The fourth-order valence-corrected chi connectivity index (χ4v) is 1.77. The Kier molecular flexibility index (Phi) is 2.12. The van der Waals surface area contributed by atoms with Crippen LogP contribution in [0, 0.1) is 0 Å². The normalized spacial score (nSPS) is 10.9. The van der Waals surface area contributed by atoms with Crippen LogP contribution in [-0.4, -0.2) is 24.1 Å². The molecule has 0 amide bonds. The molecule has 18 heavy (non-hydrogen) atoms. The SMILES string of the molecule is Cn1c(-c2cccnc2)nn2c(=O)c(N)cnc12. The third kappa shape index (κ3) is 1.37. The summed E-state index contributed by atoms with van der Waals surface area (Å²) in [6.07, 6.45) is 4.69. The number of nitrogen functional groups attached to an aromatic ring is 1. The van der Waals surface area contributed by atoms with Crippen molar-refractivity contribution in [2.45, 2.75) is 0 Å². The maximum atomic E-state index is 11.8. The van der Waals surface area contributed by atoms with Crippen molar-refractivity contribution in [2.24, 2.45) is 7.05 Å². The first kappa shape index (κ1) is 10.5. The van der Waals surface area contributed by atoms with Crippen molar-refractivity contribution in [2.75, 3.05) is 5.73 Å². The minimum atomic E-state index is -0.370. The highest BCUT2D eigenvalue weighted by Gasteiger charge is 2.13. The van der Waals surface area contributed by atoms with Crippen LogP contribution in [0.15, 0.2) is 35.5 Å². The number of rotatable bonds is 1. The lowest BCUT2D eigenvalue weighted by atomic mass is 10.3. The number of hydrogen-bond donors (Lipinski definition) is 1. The maximum absolute atomic E-state index is 11.8. The highest BCUT2D eigenvalue weighted by Crippen LogP contribution is 2.16. The largest absolute Gasteiger partial charge is 0.393 e. The van der Waals surface area contributed by atoms with Crippen molar-refractivity contribution >= 4 is 11.5 Å². The molecule has 0 aliphatic carbocycles. The molecule has 0 atom stereocenters. The van der Waals surface area contributed by atoms with Crippen LogP contribution in [0.4, 0.5) is 5.69 Å². The molecule has 0 bridgehead atoms. The van der Waals surface area contributed by atoms with E-state index in [4.69, 9.17) is 5.73 Å². The zero-order valence-electron chi connectivity index (χ0n) is 9.61. The van der Waals surface area contributed by atoms with Crippen LogP contribution in [0.3, 0.4) is 0 Å². The fourth-order valence-electron chi connectivity index (χ4n) is 1.77. The van der Waals surface area contributed by atoms with Crippen molar-refractivity contribution in [1.29, 1.82) is 0 Å². The standard InChI is InChI=1S/C11H10N6O/c1-16-9(7-3-2-4-13-5-7)15-17-10(18)8(12)6-14-11(16)17/h2-6H,12H2,1H3. The van der Waals surface area contributed by atoms with E-state index in [0.717, 1.165) is 5.56 Å². The molecule has 0 spiro atoms.